The van der Waals surface area contributed by atoms with Gasteiger partial charge in [-0.05, 0) is 30.5 Å². The van der Waals surface area contributed by atoms with Crippen molar-refractivity contribution in [1.82, 2.24) is 0 Å². The smallest absolute Gasteiger partial charge is 0.294 e. The van der Waals surface area contributed by atoms with E-state index in [0.717, 1.165) is 6.07 Å². The lowest BCUT2D eigenvalue weighted by Crippen LogP contribution is -2.08. The maximum absolute atomic E-state index is 12.7. The third kappa shape index (κ3) is 2.25. The predicted octanol–water partition coefficient (Wildman–Crippen LogP) is 3.76. The first kappa shape index (κ1) is 11.9. The van der Waals surface area contributed by atoms with Gasteiger partial charge in [0, 0.05) is 12.0 Å². The van der Waals surface area contributed by atoms with E-state index in [4.69, 9.17) is 0 Å². The van der Waals surface area contributed by atoms with Gasteiger partial charge in [0.05, 0.1) is 5.56 Å². The van der Waals surface area contributed by atoms with Gasteiger partial charge < -0.3 is 0 Å². The van der Waals surface area contributed by atoms with Gasteiger partial charge in [-0.15, -0.1) is 0 Å². The molecule has 1 aromatic rings. The highest BCUT2D eigenvalue weighted by molar-refractivity contribution is 6.22. The lowest BCUT2D eigenvalue weighted by molar-refractivity contribution is -0.138. The minimum absolute atomic E-state index is 0.0815. The van der Waals surface area contributed by atoms with Gasteiger partial charge >= 0.3 is 6.18 Å². The average Bonchev–Trinajstić information content (AvgIpc) is 2.63. The second-order valence-electron chi connectivity index (χ2n) is 4.11. The van der Waals surface area contributed by atoms with Crippen molar-refractivity contribution in [2.45, 2.75) is 25.9 Å². The zero-order chi connectivity index (χ0) is 12.6. The summed E-state index contributed by atoms with van der Waals surface area (Å²) in [6.07, 6.45) is -1.66. The summed E-state index contributed by atoms with van der Waals surface area (Å²) in [7, 11) is 0. The molecule has 1 aromatic carbocycles. The molecular formula is C13H11F3O. The van der Waals surface area contributed by atoms with Crippen LogP contribution in [0.2, 0.25) is 0 Å². The molecule has 1 nitrogen and oxygen atoms in total. The van der Waals surface area contributed by atoms with Gasteiger partial charge in [-0.2, -0.15) is 13.2 Å². The summed E-state index contributed by atoms with van der Waals surface area (Å²) in [6, 6.07) is 4.04. The first-order valence-corrected chi connectivity index (χ1v) is 5.31. The standard InChI is InChI=1S/C13H11F3O/c1-8-5-6-9(7-11(8)13(14,15)16)10-3-2-4-12(10)17/h3,5-7H,2,4H2,1H3. The molecule has 0 aromatic heterocycles. The highest BCUT2D eigenvalue weighted by Crippen LogP contribution is 2.34. The monoisotopic (exact) mass is 240 g/mol. The Bertz CT molecular complexity index is 498. The van der Waals surface area contributed by atoms with Crippen LogP contribution in [0.25, 0.3) is 5.57 Å². The van der Waals surface area contributed by atoms with E-state index in [-0.39, 0.29) is 11.3 Å². The first-order valence-electron chi connectivity index (χ1n) is 5.31. The van der Waals surface area contributed by atoms with Gasteiger partial charge in [-0.3, -0.25) is 4.79 Å². The number of ketones is 1. The predicted molar refractivity (Wildman–Crippen MR) is 58.4 cm³/mol. The van der Waals surface area contributed by atoms with Crippen molar-refractivity contribution in [3.05, 3.63) is 41.0 Å². The Morgan fingerprint density at radius 2 is 1.94 bits per heavy atom. The summed E-state index contributed by atoms with van der Waals surface area (Å²) in [5.41, 5.74) is 0.281. The molecule has 0 spiro atoms. The number of halogens is 3. The second kappa shape index (κ2) is 4.02. The molecule has 90 valence electrons. The number of allylic oxidation sites excluding steroid dienone is 2. The molecule has 0 saturated heterocycles. The molecule has 0 saturated carbocycles. The minimum atomic E-state index is -4.37. The summed E-state index contributed by atoms with van der Waals surface area (Å²) in [6.45, 7) is 1.41. The lowest BCUT2D eigenvalue weighted by atomic mass is 9.98. The van der Waals surface area contributed by atoms with E-state index in [9.17, 15) is 18.0 Å². The molecule has 0 unspecified atom stereocenters. The van der Waals surface area contributed by atoms with Gasteiger partial charge in [0.2, 0.25) is 0 Å². The second-order valence-corrected chi connectivity index (χ2v) is 4.11. The average molecular weight is 240 g/mol. The number of carbonyl (C=O) groups excluding carboxylic acids is 1. The van der Waals surface area contributed by atoms with Crippen LogP contribution in [-0.2, 0) is 11.0 Å². The van der Waals surface area contributed by atoms with Crippen LogP contribution >= 0.6 is 0 Å². The number of aryl methyl sites for hydroxylation is 1. The van der Waals surface area contributed by atoms with E-state index in [0.29, 0.717) is 24.0 Å². The van der Waals surface area contributed by atoms with Gasteiger partial charge in [-0.1, -0.05) is 18.2 Å². The highest BCUT2D eigenvalue weighted by atomic mass is 19.4. The first-order chi connectivity index (χ1) is 7.89. The van der Waals surface area contributed by atoms with Crippen LogP contribution < -0.4 is 0 Å². The summed E-state index contributed by atoms with van der Waals surface area (Å²) in [5.74, 6) is -0.0815. The Morgan fingerprint density at radius 3 is 2.47 bits per heavy atom. The van der Waals surface area contributed by atoms with E-state index < -0.39 is 11.7 Å². The lowest BCUT2D eigenvalue weighted by Gasteiger charge is -2.12. The van der Waals surface area contributed by atoms with E-state index in [1.54, 1.807) is 12.1 Å². The Morgan fingerprint density at radius 1 is 1.24 bits per heavy atom. The zero-order valence-electron chi connectivity index (χ0n) is 9.27. The number of hydrogen-bond donors (Lipinski definition) is 0. The molecule has 1 aliphatic carbocycles. The summed E-state index contributed by atoms with van der Waals surface area (Å²) in [4.78, 5) is 11.5. The van der Waals surface area contributed by atoms with E-state index in [2.05, 4.69) is 0 Å². The number of alkyl halides is 3. The van der Waals surface area contributed by atoms with Crippen molar-refractivity contribution in [3.8, 4) is 0 Å². The Balaban J connectivity index is 2.48. The molecule has 0 fully saturated rings. The minimum Gasteiger partial charge on any atom is -0.294 e. The summed E-state index contributed by atoms with van der Waals surface area (Å²) in [5, 5.41) is 0. The molecule has 4 heteroatoms. The summed E-state index contributed by atoms with van der Waals surface area (Å²) < 4.78 is 38.1. The molecule has 17 heavy (non-hydrogen) atoms. The normalized spacial score (nSPS) is 16.2. The van der Waals surface area contributed by atoms with Crippen LogP contribution in [0.4, 0.5) is 13.2 Å². The van der Waals surface area contributed by atoms with Crippen LogP contribution in [0.1, 0.15) is 29.5 Å². The maximum atomic E-state index is 12.7. The fourth-order valence-corrected chi connectivity index (χ4v) is 1.97. The van der Waals surface area contributed by atoms with E-state index in [1.807, 2.05) is 0 Å². The molecule has 1 aliphatic rings. The van der Waals surface area contributed by atoms with Crippen LogP contribution in [0.5, 0.6) is 0 Å². The Labute approximate surface area is 96.9 Å². The van der Waals surface area contributed by atoms with Crippen LogP contribution in [-0.4, -0.2) is 5.78 Å². The third-order valence-electron chi connectivity index (χ3n) is 2.87. The van der Waals surface area contributed by atoms with Crippen LogP contribution in [0, 0.1) is 6.92 Å². The molecule has 0 aliphatic heterocycles. The number of hydrogen-bond acceptors (Lipinski definition) is 1. The van der Waals surface area contributed by atoms with Crippen molar-refractivity contribution < 1.29 is 18.0 Å². The van der Waals surface area contributed by atoms with Gasteiger partial charge in [-0.25, -0.2) is 0 Å². The molecule has 0 atom stereocenters. The van der Waals surface area contributed by atoms with Gasteiger partial charge in [0.25, 0.3) is 0 Å². The number of carbonyl (C=O) groups is 1. The van der Waals surface area contributed by atoms with Gasteiger partial charge in [0.1, 0.15) is 0 Å². The quantitative estimate of drug-likeness (QED) is 0.730. The van der Waals surface area contributed by atoms with Crippen molar-refractivity contribution in [2.75, 3.05) is 0 Å². The summed E-state index contributed by atoms with van der Waals surface area (Å²) >= 11 is 0. The molecule has 0 N–H and O–H groups in total. The Hall–Kier alpha value is -1.58. The SMILES string of the molecule is Cc1ccc(C2=CCCC2=O)cc1C(F)(F)F. The third-order valence-corrected chi connectivity index (χ3v) is 2.87. The molecule has 2 rings (SSSR count). The largest absolute Gasteiger partial charge is 0.416 e. The molecule has 0 amide bonds. The molecule has 0 heterocycles. The number of Topliss-reactive ketones (excluding diaryl/α,β-unsaturated/α-hetero) is 1. The Kier molecular flexibility index (Phi) is 2.81. The topological polar surface area (TPSA) is 17.1 Å². The van der Waals surface area contributed by atoms with Crippen molar-refractivity contribution in [3.63, 3.8) is 0 Å². The van der Waals surface area contributed by atoms with Crippen LogP contribution in [0.3, 0.4) is 0 Å². The fourth-order valence-electron chi connectivity index (χ4n) is 1.97. The van der Waals surface area contributed by atoms with Crippen molar-refractivity contribution in [1.29, 1.82) is 0 Å². The highest BCUT2D eigenvalue weighted by Gasteiger charge is 2.33. The van der Waals surface area contributed by atoms with Crippen molar-refractivity contribution in [2.24, 2.45) is 0 Å². The maximum Gasteiger partial charge on any atom is 0.416 e. The molecular weight excluding hydrogens is 229 g/mol. The van der Waals surface area contributed by atoms with Crippen LogP contribution in [0.15, 0.2) is 24.3 Å². The molecule has 0 radical (unpaired) electrons. The van der Waals surface area contributed by atoms with Gasteiger partial charge in [0.15, 0.2) is 5.78 Å². The van der Waals surface area contributed by atoms with E-state index in [1.165, 1.54) is 13.0 Å². The molecule has 0 bridgehead atoms. The van der Waals surface area contributed by atoms with E-state index >= 15 is 0 Å². The fraction of sp³-hybridized carbons (Fsp3) is 0.308. The number of rotatable bonds is 1. The zero-order valence-corrected chi connectivity index (χ0v) is 9.27. The van der Waals surface area contributed by atoms with Crippen molar-refractivity contribution >= 4 is 11.4 Å². The number of benzene rings is 1.